The molecule has 7 heteroatoms. The van der Waals surface area contributed by atoms with Gasteiger partial charge in [0.2, 0.25) is 0 Å². The average Bonchev–Trinajstić information content (AvgIpc) is 3.45. The highest BCUT2D eigenvalue weighted by Gasteiger charge is 2.39. The average molecular weight is 621 g/mol. The van der Waals surface area contributed by atoms with Crippen molar-refractivity contribution in [2.24, 2.45) is 0 Å². The van der Waals surface area contributed by atoms with Crippen LogP contribution in [0.3, 0.4) is 0 Å². The van der Waals surface area contributed by atoms with Crippen LogP contribution in [0.25, 0.3) is 5.70 Å². The fourth-order valence-corrected chi connectivity index (χ4v) is 6.05. The third kappa shape index (κ3) is 5.16. The molecular formula is C40H32N2O5. The van der Waals surface area contributed by atoms with Gasteiger partial charge in [-0.05, 0) is 90.8 Å². The van der Waals surface area contributed by atoms with Crippen LogP contribution in [0.2, 0.25) is 0 Å². The number of imide groups is 1. The van der Waals surface area contributed by atoms with Crippen molar-refractivity contribution in [1.82, 2.24) is 4.90 Å². The summed E-state index contributed by atoms with van der Waals surface area (Å²) in [6.07, 6.45) is 0. The van der Waals surface area contributed by atoms with Crippen LogP contribution in [0, 0.1) is 6.92 Å². The first-order chi connectivity index (χ1) is 22.5. The van der Waals surface area contributed by atoms with E-state index in [4.69, 9.17) is 9.47 Å². The van der Waals surface area contributed by atoms with Gasteiger partial charge in [-0.1, -0.05) is 62.4 Å². The molecule has 5 aromatic rings. The number of hydrogen-bond acceptors (Lipinski definition) is 5. The van der Waals surface area contributed by atoms with Crippen LogP contribution in [-0.2, 0) is 5.41 Å². The van der Waals surface area contributed by atoms with E-state index in [0.29, 0.717) is 34.0 Å². The fourth-order valence-electron chi connectivity index (χ4n) is 6.05. The van der Waals surface area contributed by atoms with Crippen LogP contribution in [0.4, 0.5) is 5.69 Å². The second kappa shape index (κ2) is 11.1. The molecule has 0 unspecified atom stereocenters. The van der Waals surface area contributed by atoms with Gasteiger partial charge in [0, 0.05) is 23.7 Å². The second-order valence-electron chi connectivity index (χ2n) is 12.4. The summed E-state index contributed by atoms with van der Waals surface area (Å²) in [6.45, 7) is 10.5. The van der Waals surface area contributed by atoms with Gasteiger partial charge in [-0.2, -0.15) is 0 Å². The number of carbonyl (C=O) groups excluding carboxylic acids is 3. The molecule has 0 saturated heterocycles. The number of amides is 3. The molecular weight excluding hydrogens is 588 g/mol. The maximum absolute atomic E-state index is 13.4. The van der Waals surface area contributed by atoms with E-state index in [1.54, 1.807) is 30.3 Å². The van der Waals surface area contributed by atoms with Crippen LogP contribution in [-0.4, -0.2) is 29.7 Å². The van der Waals surface area contributed by atoms with E-state index in [-0.39, 0.29) is 28.4 Å². The Balaban J connectivity index is 1.02. The van der Waals surface area contributed by atoms with E-state index in [2.05, 4.69) is 51.6 Å². The molecule has 47 heavy (non-hydrogen) atoms. The van der Waals surface area contributed by atoms with Crippen LogP contribution >= 0.6 is 0 Å². The number of aryl methyl sites for hydroxylation is 1. The van der Waals surface area contributed by atoms with Gasteiger partial charge in [0.1, 0.15) is 23.0 Å². The van der Waals surface area contributed by atoms with Crippen molar-refractivity contribution < 1.29 is 23.9 Å². The Bertz CT molecular complexity index is 2020. The summed E-state index contributed by atoms with van der Waals surface area (Å²) in [6, 6.07) is 34.4. The molecule has 3 amide bonds. The van der Waals surface area contributed by atoms with Crippen molar-refractivity contribution in [3.8, 4) is 23.0 Å². The molecule has 0 spiro atoms. The number of hydrogen-bond donors (Lipinski definition) is 0. The summed E-state index contributed by atoms with van der Waals surface area (Å²) >= 11 is 0. The van der Waals surface area contributed by atoms with Gasteiger partial charge in [-0.3, -0.25) is 24.2 Å². The van der Waals surface area contributed by atoms with E-state index in [1.165, 1.54) is 23.6 Å². The van der Waals surface area contributed by atoms with Crippen molar-refractivity contribution in [2.75, 3.05) is 11.9 Å². The highest BCUT2D eigenvalue weighted by molar-refractivity contribution is 6.27. The molecule has 0 bridgehead atoms. The lowest BCUT2D eigenvalue weighted by molar-refractivity contribution is 0.0693. The predicted molar refractivity (Wildman–Crippen MR) is 181 cm³/mol. The molecule has 0 aromatic heterocycles. The summed E-state index contributed by atoms with van der Waals surface area (Å²) < 4.78 is 12.1. The highest BCUT2D eigenvalue weighted by atomic mass is 16.5. The smallest absolute Gasteiger partial charge is 0.263 e. The number of fused-ring (bicyclic) bond motifs is 2. The number of ether oxygens (including phenoxy) is 2. The van der Waals surface area contributed by atoms with Crippen molar-refractivity contribution in [1.29, 1.82) is 0 Å². The zero-order valence-corrected chi connectivity index (χ0v) is 26.5. The predicted octanol–water partition coefficient (Wildman–Crippen LogP) is 8.76. The Morgan fingerprint density at radius 2 is 0.936 bits per heavy atom. The van der Waals surface area contributed by atoms with Crippen molar-refractivity contribution in [3.63, 3.8) is 0 Å². The largest absolute Gasteiger partial charge is 0.457 e. The third-order valence-corrected chi connectivity index (χ3v) is 8.98. The molecule has 0 N–H and O–H groups in total. The van der Waals surface area contributed by atoms with Gasteiger partial charge >= 0.3 is 0 Å². The number of carbonyl (C=O) groups is 3. The van der Waals surface area contributed by atoms with Crippen molar-refractivity contribution in [2.45, 2.75) is 26.2 Å². The maximum Gasteiger partial charge on any atom is 0.263 e. The summed E-state index contributed by atoms with van der Waals surface area (Å²) in [5.74, 6) is 1.78. The molecule has 0 saturated carbocycles. The van der Waals surface area contributed by atoms with E-state index < -0.39 is 5.91 Å². The van der Waals surface area contributed by atoms with E-state index in [9.17, 15) is 14.4 Å². The SMILES string of the molecule is C=C1c2cc3c(cc2C(=O)N1c1ccc(Oc2ccc(C(C)(C)c4ccc(Oc5ccc(C)cc5)cc4)cc2)cc1)C(=O)N(C)C3=O. The monoisotopic (exact) mass is 620 g/mol. The summed E-state index contributed by atoms with van der Waals surface area (Å²) in [5.41, 5.74) is 5.70. The van der Waals surface area contributed by atoms with Crippen LogP contribution in [0.15, 0.2) is 116 Å². The summed E-state index contributed by atoms with van der Waals surface area (Å²) in [4.78, 5) is 40.9. The molecule has 7 rings (SSSR count). The van der Waals surface area contributed by atoms with Crippen molar-refractivity contribution >= 4 is 29.1 Å². The van der Waals surface area contributed by atoms with E-state index >= 15 is 0 Å². The lowest BCUT2D eigenvalue weighted by atomic mass is 9.78. The fraction of sp³-hybridized carbons (Fsp3) is 0.125. The van der Waals surface area contributed by atoms with Gasteiger partial charge in [0.05, 0.1) is 22.4 Å². The molecule has 2 aliphatic heterocycles. The van der Waals surface area contributed by atoms with Gasteiger partial charge in [-0.25, -0.2) is 0 Å². The summed E-state index contributed by atoms with van der Waals surface area (Å²) in [7, 11) is 1.43. The van der Waals surface area contributed by atoms with Gasteiger partial charge in [-0.15, -0.1) is 0 Å². The van der Waals surface area contributed by atoms with Crippen molar-refractivity contribution in [3.05, 3.63) is 155 Å². The van der Waals surface area contributed by atoms with Gasteiger partial charge < -0.3 is 9.47 Å². The lowest BCUT2D eigenvalue weighted by Gasteiger charge is -2.26. The third-order valence-electron chi connectivity index (χ3n) is 8.98. The summed E-state index contributed by atoms with van der Waals surface area (Å²) in [5, 5.41) is 0. The number of nitrogens with zero attached hydrogens (tertiary/aromatic N) is 2. The lowest BCUT2D eigenvalue weighted by Crippen LogP contribution is -2.24. The Hall–Kier alpha value is -5.95. The van der Waals surface area contributed by atoms with E-state index in [1.807, 2.05) is 48.5 Å². The zero-order valence-electron chi connectivity index (χ0n) is 26.5. The molecule has 7 nitrogen and oxygen atoms in total. The minimum Gasteiger partial charge on any atom is -0.457 e. The quantitative estimate of drug-likeness (QED) is 0.170. The van der Waals surface area contributed by atoms with E-state index in [0.717, 1.165) is 27.5 Å². The second-order valence-corrected chi connectivity index (χ2v) is 12.4. The number of benzene rings is 5. The zero-order chi connectivity index (χ0) is 33.0. The molecule has 5 aromatic carbocycles. The molecule has 0 aliphatic carbocycles. The minimum absolute atomic E-state index is 0.235. The molecule has 2 heterocycles. The number of rotatable bonds is 7. The Labute approximate surface area is 273 Å². The first-order valence-corrected chi connectivity index (χ1v) is 15.3. The normalized spacial score (nSPS) is 14.0. The van der Waals surface area contributed by atoms with Gasteiger partial charge in [0.25, 0.3) is 17.7 Å². The Morgan fingerprint density at radius 1 is 0.553 bits per heavy atom. The number of anilines is 1. The molecule has 2 aliphatic rings. The molecule has 0 atom stereocenters. The molecule has 0 radical (unpaired) electrons. The first-order valence-electron chi connectivity index (χ1n) is 15.3. The highest BCUT2D eigenvalue weighted by Crippen LogP contribution is 2.40. The minimum atomic E-state index is -0.416. The molecule has 232 valence electrons. The first kappa shape index (κ1) is 29.7. The maximum atomic E-state index is 13.4. The Kier molecular flexibility index (Phi) is 7.05. The van der Waals surface area contributed by atoms with Crippen LogP contribution < -0.4 is 14.4 Å². The van der Waals surface area contributed by atoms with Crippen LogP contribution in [0.5, 0.6) is 23.0 Å². The van der Waals surface area contributed by atoms with Crippen LogP contribution in [0.1, 0.15) is 67.2 Å². The molecule has 0 fully saturated rings. The Morgan fingerprint density at radius 3 is 1.40 bits per heavy atom. The van der Waals surface area contributed by atoms with Gasteiger partial charge in [0.15, 0.2) is 0 Å². The topological polar surface area (TPSA) is 76.2 Å². The standard InChI is InChI=1S/C40H32N2O5/c1-24-6-14-29(15-7-24)46-30-16-8-26(9-17-30)40(3,4)27-10-18-31(19-11-27)47-32-20-12-28(13-21-32)42-25(2)33-22-35-36(23-34(33)39(42)45)38(44)41(5)37(35)43/h6-23H,2H2,1,3-5H3.